The van der Waals surface area contributed by atoms with Crippen molar-refractivity contribution in [2.45, 2.75) is 39.0 Å². The molecule has 2 rings (SSSR count). The Morgan fingerprint density at radius 2 is 1.88 bits per heavy atom. The molecule has 1 atom stereocenters. The van der Waals surface area contributed by atoms with Crippen molar-refractivity contribution in [1.29, 1.82) is 0 Å². The van der Waals surface area contributed by atoms with E-state index in [0.29, 0.717) is 28.4 Å². The molecule has 0 aliphatic carbocycles. The maximum atomic E-state index is 12.9. The first-order valence-corrected chi connectivity index (χ1v) is 9.81. The van der Waals surface area contributed by atoms with E-state index < -0.39 is 14.7 Å². The van der Waals surface area contributed by atoms with E-state index in [9.17, 15) is 9.00 Å². The maximum absolute atomic E-state index is 12.9. The minimum atomic E-state index is -3.22. The third-order valence-electron chi connectivity index (χ3n) is 3.32. The molecule has 0 saturated heterocycles. The first-order chi connectivity index (χ1) is 11.1. The largest absolute Gasteiger partial charge is 0.333 e. The standard InChI is InChI=1S/C14H20N6O2S2/c1-6-11-12(10(4)18-20(11)5)24(22,23)19-14(21)17-13-15-8(2)7-9(3)16-13/h7H,6H2,1-5H3,(H2,15,16,17,19,21). The van der Waals surface area contributed by atoms with Crippen LogP contribution in [0.3, 0.4) is 0 Å². The van der Waals surface area contributed by atoms with Gasteiger partial charge in [-0.15, -0.1) is 0 Å². The maximum Gasteiger partial charge on any atom is 0.333 e. The molecule has 8 nitrogen and oxygen atoms in total. The van der Waals surface area contributed by atoms with Crippen LogP contribution in [0.15, 0.2) is 11.0 Å². The Morgan fingerprint density at radius 3 is 2.42 bits per heavy atom. The lowest BCUT2D eigenvalue weighted by Crippen LogP contribution is -2.35. The van der Waals surface area contributed by atoms with E-state index in [1.807, 2.05) is 6.92 Å². The molecular weight excluding hydrogens is 348 g/mol. The van der Waals surface area contributed by atoms with Crippen molar-refractivity contribution < 1.29 is 9.00 Å². The van der Waals surface area contributed by atoms with E-state index in [-0.39, 0.29) is 5.95 Å². The first kappa shape index (κ1) is 18.3. The van der Waals surface area contributed by atoms with Crippen LogP contribution in [0.5, 0.6) is 0 Å². The third-order valence-corrected chi connectivity index (χ3v) is 5.59. The molecule has 0 aromatic carbocycles. The zero-order valence-electron chi connectivity index (χ0n) is 14.2. The van der Waals surface area contributed by atoms with Crippen molar-refractivity contribution in [1.82, 2.24) is 24.5 Å². The van der Waals surface area contributed by atoms with Gasteiger partial charge in [0.25, 0.3) is 0 Å². The van der Waals surface area contributed by atoms with Crippen molar-refractivity contribution in [2.75, 3.05) is 5.32 Å². The monoisotopic (exact) mass is 368 g/mol. The fraction of sp³-hybridized carbons (Fsp3) is 0.429. The number of rotatable bonds is 4. The van der Waals surface area contributed by atoms with Crippen LogP contribution in [0.4, 0.5) is 10.7 Å². The van der Waals surface area contributed by atoms with Gasteiger partial charge in [-0.05, 0) is 33.3 Å². The number of aryl methyl sites for hydroxylation is 4. The third kappa shape index (κ3) is 3.88. The highest BCUT2D eigenvalue weighted by Gasteiger charge is 2.24. The second-order valence-electron chi connectivity index (χ2n) is 5.37. The number of nitrogens with one attached hydrogen (secondary N) is 2. The number of amides is 2. The van der Waals surface area contributed by atoms with Crippen molar-refractivity contribution in [2.24, 2.45) is 7.05 Å². The summed E-state index contributed by atoms with van der Waals surface area (Å²) in [6.07, 6.45) is 0.601. The Kier molecular flexibility index (Phi) is 5.19. The van der Waals surface area contributed by atoms with Gasteiger partial charge in [0, 0.05) is 29.6 Å². The van der Waals surface area contributed by atoms with Crippen LogP contribution in [0.2, 0.25) is 0 Å². The minimum Gasteiger partial charge on any atom is -0.275 e. The molecule has 0 radical (unpaired) electrons. The van der Waals surface area contributed by atoms with E-state index in [1.165, 1.54) is 0 Å². The van der Waals surface area contributed by atoms with Crippen molar-refractivity contribution >= 4 is 31.8 Å². The summed E-state index contributed by atoms with van der Waals surface area (Å²) in [6, 6.07) is 1.07. The van der Waals surface area contributed by atoms with Gasteiger partial charge < -0.3 is 0 Å². The number of hydrogen-bond acceptors (Lipinski definition) is 6. The van der Waals surface area contributed by atoms with Crippen LogP contribution in [0.1, 0.15) is 29.7 Å². The minimum absolute atomic E-state index is 0.133. The molecular formula is C14H20N6O2S2. The Morgan fingerprint density at radius 1 is 1.29 bits per heavy atom. The number of aromatic nitrogens is 4. The summed E-state index contributed by atoms with van der Waals surface area (Å²) in [5.41, 5.74) is 2.70. The molecule has 2 heterocycles. The van der Waals surface area contributed by atoms with Gasteiger partial charge in [-0.25, -0.2) is 19.0 Å². The Hall–Kier alpha value is -2.07. The van der Waals surface area contributed by atoms with E-state index >= 15 is 0 Å². The summed E-state index contributed by atoms with van der Waals surface area (Å²) in [7, 11) is -1.47. The summed E-state index contributed by atoms with van der Waals surface area (Å²) < 4.78 is 16.9. The van der Waals surface area contributed by atoms with Crippen molar-refractivity contribution in [3.8, 4) is 0 Å². The lowest BCUT2D eigenvalue weighted by Gasteiger charge is -2.12. The SMILES string of the molecule is CCc1c(S(=O)(=S)NC(=O)Nc2nc(C)cc(C)n2)c(C)nn1C. The number of hydrogen-bond donors (Lipinski definition) is 2. The molecule has 0 fully saturated rings. The zero-order valence-corrected chi connectivity index (χ0v) is 15.8. The first-order valence-electron chi connectivity index (χ1n) is 7.32. The molecule has 2 amide bonds. The van der Waals surface area contributed by atoms with E-state index in [0.717, 1.165) is 5.69 Å². The molecule has 1 unspecified atom stereocenters. The van der Waals surface area contributed by atoms with Crippen LogP contribution in [-0.4, -0.2) is 30.0 Å². The van der Waals surface area contributed by atoms with Crippen molar-refractivity contribution in [3.05, 3.63) is 28.8 Å². The highest BCUT2D eigenvalue weighted by atomic mass is 32.8. The van der Waals surface area contributed by atoms with Gasteiger partial charge in [0.2, 0.25) is 5.95 Å². The number of urea groups is 1. The lowest BCUT2D eigenvalue weighted by molar-refractivity contribution is 0.256. The summed E-state index contributed by atoms with van der Waals surface area (Å²) in [5.74, 6) is 0.133. The number of carbonyl (C=O) groups is 1. The smallest absolute Gasteiger partial charge is 0.275 e. The normalized spacial score (nSPS) is 13.4. The average Bonchev–Trinajstić information content (AvgIpc) is 2.71. The molecule has 10 heteroatoms. The second kappa shape index (κ2) is 6.81. The second-order valence-corrected chi connectivity index (χ2v) is 8.40. The Labute approximate surface area is 145 Å². The number of nitrogens with zero attached hydrogens (tertiary/aromatic N) is 4. The molecule has 24 heavy (non-hydrogen) atoms. The van der Waals surface area contributed by atoms with Gasteiger partial charge in [-0.1, -0.05) is 6.92 Å². The van der Waals surface area contributed by atoms with Gasteiger partial charge >= 0.3 is 6.03 Å². The summed E-state index contributed by atoms with van der Waals surface area (Å²) in [4.78, 5) is 20.8. The summed E-state index contributed by atoms with van der Waals surface area (Å²) >= 11 is 5.17. The van der Waals surface area contributed by atoms with Crippen LogP contribution in [0.25, 0.3) is 0 Å². The molecule has 0 bridgehead atoms. The van der Waals surface area contributed by atoms with Crippen LogP contribution < -0.4 is 10.0 Å². The fourth-order valence-corrected chi connectivity index (χ4v) is 4.80. The van der Waals surface area contributed by atoms with E-state index in [1.54, 1.807) is 38.6 Å². The van der Waals surface area contributed by atoms with Gasteiger partial charge in [0.05, 0.1) is 11.4 Å². The van der Waals surface area contributed by atoms with Crippen LogP contribution in [0, 0.1) is 20.8 Å². The molecule has 130 valence electrons. The predicted molar refractivity (Wildman–Crippen MR) is 94.8 cm³/mol. The quantitative estimate of drug-likeness (QED) is 0.849. The van der Waals surface area contributed by atoms with Gasteiger partial charge in [0.1, 0.15) is 13.6 Å². The molecule has 0 saturated carbocycles. The summed E-state index contributed by atoms with van der Waals surface area (Å²) in [6.45, 7) is 7.21. The lowest BCUT2D eigenvalue weighted by atomic mass is 10.3. The fourth-order valence-electron chi connectivity index (χ4n) is 2.51. The van der Waals surface area contributed by atoms with Crippen molar-refractivity contribution in [3.63, 3.8) is 0 Å². The molecule has 0 aliphatic rings. The van der Waals surface area contributed by atoms with Crippen LogP contribution in [-0.2, 0) is 33.3 Å². The average molecular weight is 368 g/mol. The van der Waals surface area contributed by atoms with Gasteiger partial charge in [0.15, 0.2) is 0 Å². The zero-order chi connectivity index (χ0) is 18.1. The highest BCUT2D eigenvalue weighted by molar-refractivity contribution is 8.32. The molecule has 0 spiro atoms. The van der Waals surface area contributed by atoms with Gasteiger partial charge in [-0.2, -0.15) is 5.10 Å². The highest BCUT2D eigenvalue weighted by Crippen LogP contribution is 2.20. The van der Waals surface area contributed by atoms with E-state index in [2.05, 4.69) is 25.1 Å². The van der Waals surface area contributed by atoms with E-state index in [4.69, 9.17) is 11.2 Å². The Balaban J connectivity index is 2.25. The molecule has 2 aromatic rings. The predicted octanol–water partition coefficient (Wildman–Crippen LogP) is 1.54. The topological polar surface area (TPSA) is 102 Å². The molecule has 2 aromatic heterocycles. The van der Waals surface area contributed by atoms with Gasteiger partial charge in [-0.3, -0.25) is 14.7 Å². The molecule has 2 N–H and O–H groups in total. The summed E-state index contributed by atoms with van der Waals surface area (Å²) in [5, 5.41) is 6.70. The Bertz CT molecular complexity index is 869. The van der Waals surface area contributed by atoms with Crippen LogP contribution >= 0.6 is 0 Å². The number of anilines is 1. The number of carbonyl (C=O) groups excluding carboxylic acids is 1. The molecule has 0 aliphatic heterocycles.